The van der Waals surface area contributed by atoms with Gasteiger partial charge in [-0.15, -0.1) is 0 Å². The van der Waals surface area contributed by atoms with Crippen LogP contribution in [-0.4, -0.2) is 26.3 Å². The van der Waals surface area contributed by atoms with Crippen molar-refractivity contribution < 1.29 is 0 Å². The number of aromatic nitrogens is 3. The summed E-state index contributed by atoms with van der Waals surface area (Å²) < 4.78 is 1.90. The molecular formula is C12H15N5S. The molecule has 0 fully saturated rings. The highest BCUT2D eigenvalue weighted by atomic mass is 32.1. The van der Waals surface area contributed by atoms with Crippen LogP contribution in [0, 0.1) is 0 Å². The van der Waals surface area contributed by atoms with Crippen molar-refractivity contribution in [3.63, 3.8) is 0 Å². The SMILES string of the molecule is NC(=S)c1ccncc1NCCCn1cccn1. The van der Waals surface area contributed by atoms with E-state index in [1.807, 2.05) is 23.0 Å². The molecular weight excluding hydrogens is 246 g/mol. The molecule has 0 aromatic carbocycles. The molecule has 0 amide bonds. The Labute approximate surface area is 111 Å². The molecule has 6 heteroatoms. The van der Waals surface area contributed by atoms with E-state index in [0.29, 0.717) is 4.99 Å². The van der Waals surface area contributed by atoms with E-state index in [1.54, 1.807) is 18.6 Å². The second-order valence-corrected chi connectivity index (χ2v) is 4.27. The number of rotatable bonds is 6. The summed E-state index contributed by atoms with van der Waals surface area (Å²) in [4.78, 5) is 4.44. The summed E-state index contributed by atoms with van der Waals surface area (Å²) >= 11 is 4.99. The van der Waals surface area contributed by atoms with Crippen LogP contribution in [0.1, 0.15) is 12.0 Å². The van der Waals surface area contributed by atoms with Crippen molar-refractivity contribution in [1.82, 2.24) is 14.8 Å². The Morgan fingerprint density at radius 3 is 3.06 bits per heavy atom. The van der Waals surface area contributed by atoms with Gasteiger partial charge in [0.15, 0.2) is 0 Å². The number of hydrogen-bond donors (Lipinski definition) is 2. The molecule has 2 aromatic rings. The minimum atomic E-state index is 0.381. The van der Waals surface area contributed by atoms with E-state index in [4.69, 9.17) is 18.0 Å². The lowest BCUT2D eigenvalue weighted by atomic mass is 10.2. The standard InChI is InChI=1S/C12H15N5S/c13-12(18)10-3-6-14-9-11(10)15-4-1-7-17-8-2-5-16-17/h2-3,5-6,8-9,15H,1,4,7H2,(H2,13,18). The van der Waals surface area contributed by atoms with Gasteiger partial charge in [-0.2, -0.15) is 5.10 Å². The monoisotopic (exact) mass is 261 g/mol. The minimum Gasteiger partial charge on any atom is -0.389 e. The maximum absolute atomic E-state index is 5.65. The summed E-state index contributed by atoms with van der Waals surface area (Å²) in [6.07, 6.45) is 8.11. The first-order valence-electron chi connectivity index (χ1n) is 5.72. The van der Waals surface area contributed by atoms with E-state index in [2.05, 4.69) is 15.4 Å². The largest absolute Gasteiger partial charge is 0.389 e. The van der Waals surface area contributed by atoms with Crippen molar-refractivity contribution in [2.24, 2.45) is 5.73 Å². The second-order valence-electron chi connectivity index (χ2n) is 3.83. The lowest BCUT2D eigenvalue weighted by molar-refractivity contribution is 0.592. The third-order valence-corrected chi connectivity index (χ3v) is 2.75. The van der Waals surface area contributed by atoms with Crippen LogP contribution in [0.15, 0.2) is 36.9 Å². The molecule has 0 unspecified atom stereocenters. The maximum Gasteiger partial charge on any atom is 0.106 e. The molecule has 0 aliphatic heterocycles. The summed E-state index contributed by atoms with van der Waals surface area (Å²) in [6.45, 7) is 1.70. The van der Waals surface area contributed by atoms with E-state index in [0.717, 1.165) is 30.8 Å². The van der Waals surface area contributed by atoms with Gasteiger partial charge < -0.3 is 11.1 Å². The number of pyridine rings is 1. The molecule has 5 nitrogen and oxygen atoms in total. The zero-order valence-corrected chi connectivity index (χ0v) is 10.7. The van der Waals surface area contributed by atoms with Crippen LogP contribution < -0.4 is 11.1 Å². The van der Waals surface area contributed by atoms with Crippen LogP contribution in [0.2, 0.25) is 0 Å². The Balaban J connectivity index is 1.85. The summed E-state index contributed by atoms with van der Waals surface area (Å²) in [5.41, 5.74) is 7.36. The van der Waals surface area contributed by atoms with Crippen molar-refractivity contribution in [3.05, 3.63) is 42.5 Å². The van der Waals surface area contributed by atoms with Gasteiger partial charge in [-0.3, -0.25) is 9.67 Å². The number of nitrogens with two attached hydrogens (primary N) is 1. The van der Waals surface area contributed by atoms with Gasteiger partial charge in [0.2, 0.25) is 0 Å². The van der Waals surface area contributed by atoms with E-state index in [1.165, 1.54) is 0 Å². The number of thiocarbonyl (C=S) groups is 1. The highest BCUT2D eigenvalue weighted by molar-refractivity contribution is 7.80. The lowest BCUT2D eigenvalue weighted by Crippen LogP contribution is -2.14. The molecule has 0 spiro atoms. The quantitative estimate of drug-likeness (QED) is 0.608. The molecule has 94 valence electrons. The van der Waals surface area contributed by atoms with E-state index in [9.17, 15) is 0 Å². The van der Waals surface area contributed by atoms with Crippen molar-refractivity contribution in [2.75, 3.05) is 11.9 Å². The molecule has 3 N–H and O–H groups in total. The molecule has 18 heavy (non-hydrogen) atoms. The number of anilines is 1. The summed E-state index contributed by atoms with van der Waals surface area (Å²) in [5, 5.41) is 7.43. The number of aryl methyl sites for hydroxylation is 1. The average molecular weight is 261 g/mol. The molecule has 0 atom stereocenters. The Morgan fingerprint density at radius 1 is 1.44 bits per heavy atom. The van der Waals surface area contributed by atoms with Crippen LogP contribution in [0.5, 0.6) is 0 Å². The third-order valence-electron chi connectivity index (χ3n) is 2.53. The Bertz CT molecular complexity index is 509. The fourth-order valence-corrected chi connectivity index (χ4v) is 1.83. The van der Waals surface area contributed by atoms with Crippen molar-refractivity contribution >= 4 is 22.9 Å². The maximum atomic E-state index is 5.65. The number of nitrogens with zero attached hydrogens (tertiary/aromatic N) is 3. The van der Waals surface area contributed by atoms with Crippen LogP contribution in [-0.2, 0) is 6.54 Å². The molecule has 0 aliphatic carbocycles. The molecule has 0 radical (unpaired) electrons. The molecule has 0 saturated heterocycles. The molecule has 2 heterocycles. The molecule has 2 rings (SSSR count). The molecule has 0 saturated carbocycles. The number of nitrogens with one attached hydrogen (secondary N) is 1. The van der Waals surface area contributed by atoms with Gasteiger partial charge in [0, 0.05) is 37.2 Å². The van der Waals surface area contributed by atoms with Gasteiger partial charge in [0.1, 0.15) is 4.99 Å². The smallest absolute Gasteiger partial charge is 0.106 e. The summed E-state index contributed by atoms with van der Waals surface area (Å²) in [6, 6.07) is 3.73. The highest BCUT2D eigenvalue weighted by Crippen LogP contribution is 2.12. The van der Waals surface area contributed by atoms with Crippen molar-refractivity contribution in [1.29, 1.82) is 0 Å². The van der Waals surface area contributed by atoms with Gasteiger partial charge >= 0.3 is 0 Å². The second kappa shape index (κ2) is 6.11. The fraction of sp³-hybridized carbons (Fsp3) is 0.250. The minimum absolute atomic E-state index is 0.381. The first kappa shape index (κ1) is 12.5. The molecule has 2 aromatic heterocycles. The van der Waals surface area contributed by atoms with Crippen molar-refractivity contribution in [2.45, 2.75) is 13.0 Å². The summed E-state index contributed by atoms with van der Waals surface area (Å²) in [5.74, 6) is 0. The van der Waals surface area contributed by atoms with Gasteiger partial charge in [-0.05, 0) is 18.6 Å². The zero-order chi connectivity index (χ0) is 12.8. The molecule has 0 aliphatic rings. The first-order valence-corrected chi connectivity index (χ1v) is 6.13. The predicted molar refractivity (Wildman–Crippen MR) is 75.5 cm³/mol. The Kier molecular flexibility index (Phi) is 4.25. The highest BCUT2D eigenvalue weighted by Gasteiger charge is 2.03. The van der Waals surface area contributed by atoms with Crippen LogP contribution >= 0.6 is 12.2 Å². The predicted octanol–water partition coefficient (Wildman–Crippen LogP) is 1.41. The summed E-state index contributed by atoms with van der Waals surface area (Å²) in [7, 11) is 0. The topological polar surface area (TPSA) is 68.8 Å². The lowest BCUT2D eigenvalue weighted by Gasteiger charge is -2.10. The zero-order valence-electron chi connectivity index (χ0n) is 9.91. The van der Waals surface area contributed by atoms with Gasteiger partial charge in [-0.1, -0.05) is 12.2 Å². The van der Waals surface area contributed by atoms with Crippen LogP contribution in [0.3, 0.4) is 0 Å². The van der Waals surface area contributed by atoms with E-state index >= 15 is 0 Å². The van der Waals surface area contributed by atoms with Crippen molar-refractivity contribution in [3.8, 4) is 0 Å². The van der Waals surface area contributed by atoms with Gasteiger partial charge in [-0.25, -0.2) is 0 Å². The van der Waals surface area contributed by atoms with E-state index in [-0.39, 0.29) is 0 Å². The Morgan fingerprint density at radius 2 is 2.33 bits per heavy atom. The third kappa shape index (κ3) is 3.27. The number of hydrogen-bond acceptors (Lipinski definition) is 4. The van der Waals surface area contributed by atoms with Crippen LogP contribution in [0.4, 0.5) is 5.69 Å². The first-order chi connectivity index (χ1) is 8.77. The normalized spacial score (nSPS) is 10.2. The fourth-order valence-electron chi connectivity index (χ4n) is 1.65. The average Bonchev–Trinajstić information content (AvgIpc) is 2.88. The van der Waals surface area contributed by atoms with Gasteiger partial charge in [0.25, 0.3) is 0 Å². The molecule has 0 bridgehead atoms. The van der Waals surface area contributed by atoms with Gasteiger partial charge in [0.05, 0.1) is 11.9 Å². The van der Waals surface area contributed by atoms with Crippen LogP contribution in [0.25, 0.3) is 0 Å². The Hall–Kier alpha value is -1.95. The van der Waals surface area contributed by atoms with E-state index < -0.39 is 0 Å².